The molecule has 0 atom stereocenters. The molecule has 6 heteroatoms. The molecule has 4 nitrogen and oxygen atoms in total. The van der Waals surface area contributed by atoms with Gasteiger partial charge < -0.3 is 4.74 Å². The van der Waals surface area contributed by atoms with E-state index in [9.17, 15) is 23.2 Å². The lowest BCUT2D eigenvalue weighted by molar-refractivity contribution is -0.144. The van der Waals surface area contributed by atoms with Crippen molar-refractivity contribution in [1.82, 2.24) is 0 Å². The Bertz CT molecular complexity index is 658. The zero-order valence-electron chi connectivity index (χ0n) is 14.6. The summed E-state index contributed by atoms with van der Waals surface area (Å²) in [7, 11) is 0. The Morgan fingerprint density at radius 2 is 1.76 bits per heavy atom. The number of hydrogen-bond acceptors (Lipinski definition) is 4. The SMILES string of the molecule is CC(=O)OCC(=O)C(=CC(=O)c1c(F)cccc1F)CCCC(C)C. The number of hydrogen-bond donors (Lipinski definition) is 0. The number of Topliss-reactive ketones (excluding diaryl/α,β-unsaturated/α-hetero) is 1. The minimum absolute atomic E-state index is 0.0922. The summed E-state index contributed by atoms with van der Waals surface area (Å²) in [6, 6.07) is 3.10. The van der Waals surface area contributed by atoms with Crippen LogP contribution in [0.2, 0.25) is 0 Å². The standard InChI is InChI=1S/C19H22F2O4/c1-12(2)6-4-7-14(18(24)11-25-13(3)22)10-17(23)19-15(20)8-5-9-16(19)21/h5,8-10,12H,4,6-7,11H2,1-3H3. The molecule has 136 valence electrons. The van der Waals surface area contributed by atoms with Gasteiger partial charge in [0.15, 0.2) is 18.2 Å². The van der Waals surface area contributed by atoms with E-state index in [4.69, 9.17) is 0 Å². The van der Waals surface area contributed by atoms with Gasteiger partial charge in [-0.1, -0.05) is 26.3 Å². The molecule has 25 heavy (non-hydrogen) atoms. The maximum atomic E-state index is 13.7. The molecule has 0 saturated carbocycles. The number of halogens is 2. The first-order valence-corrected chi connectivity index (χ1v) is 8.07. The van der Waals surface area contributed by atoms with Crippen molar-refractivity contribution in [1.29, 1.82) is 0 Å². The predicted octanol–water partition coefficient (Wildman–Crippen LogP) is 4.03. The van der Waals surface area contributed by atoms with Crippen LogP contribution in [0.4, 0.5) is 8.78 Å². The fraction of sp³-hybridized carbons (Fsp3) is 0.421. The van der Waals surface area contributed by atoms with Gasteiger partial charge in [-0.25, -0.2) is 8.78 Å². The van der Waals surface area contributed by atoms with Gasteiger partial charge in [-0.2, -0.15) is 0 Å². The lowest BCUT2D eigenvalue weighted by atomic mass is 9.97. The lowest BCUT2D eigenvalue weighted by Gasteiger charge is -2.09. The Kier molecular flexibility index (Phi) is 8.11. The van der Waals surface area contributed by atoms with E-state index < -0.39 is 41.3 Å². The summed E-state index contributed by atoms with van der Waals surface area (Å²) < 4.78 is 32.1. The quantitative estimate of drug-likeness (QED) is 0.382. The Morgan fingerprint density at radius 3 is 2.28 bits per heavy atom. The highest BCUT2D eigenvalue weighted by atomic mass is 19.1. The first-order valence-electron chi connectivity index (χ1n) is 8.07. The molecule has 0 aliphatic heterocycles. The van der Waals surface area contributed by atoms with Crippen LogP contribution in [0.15, 0.2) is 29.8 Å². The number of benzene rings is 1. The van der Waals surface area contributed by atoms with Crippen molar-refractivity contribution in [2.75, 3.05) is 6.61 Å². The van der Waals surface area contributed by atoms with E-state index >= 15 is 0 Å². The van der Waals surface area contributed by atoms with Gasteiger partial charge in [0.2, 0.25) is 0 Å². The Hall–Kier alpha value is -2.37. The molecule has 0 N–H and O–H groups in total. The molecule has 0 fully saturated rings. The Balaban J connectivity index is 3.03. The zero-order valence-corrected chi connectivity index (χ0v) is 14.6. The van der Waals surface area contributed by atoms with E-state index in [0.717, 1.165) is 37.6 Å². The van der Waals surface area contributed by atoms with Crippen molar-refractivity contribution in [2.24, 2.45) is 5.92 Å². The number of rotatable bonds is 9. The highest BCUT2D eigenvalue weighted by Gasteiger charge is 2.19. The maximum Gasteiger partial charge on any atom is 0.303 e. The van der Waals surface area contributed by atoms with Crippen molar-refractivity contribution in [3.05, 3.63) is 47.0 Å². The van der Waals surface area contributed by atoms with E-state index in [2.05, 4.69) is 4.74 Å². The molecule has 1 rings (SSSR count). The fourth-order valence-electron chi connectivity index (χ4n) is 2.22. The second-order valence-corrected chi connectivity index (χ2v) is 6.12. The van der Waals surface area contributed by atoms with Crippen molar-refractivity contribution >= 4 is 17.5 Å². The van der Waals surface area contributed by atoms with Crippen molar-refractivity contribution < 1.29 is 27.9 Å². The van der Waals surface area contributed by atoms with E-state index in [-0.39, 0.29) is 12.0 Å². The predicted molar refractivity (Wildman–Crippen MR) is 89.1 cm³/mol. The van der Waals surface area contributed by atoms with E-state index in [1.807, 2.05) is 13.8 Å². The third-order valence-electron chi connectivity index (χ3n) is 3.51. The maximum absolute atomic E-state index is 13.7. The van der Waals surface area contributed by atoms with Gasteiger partial charge in [-0.15, -0.1) is 0 Å². The van der Waals surface area contributed by atoms with Crippen molar-refractivity contribution in [3.63, 3.8) is 0 Å². The normalized spacial score (nSPS) is 11.5. The van der Waals surface area contributed by atoms with E-state index in [1.54, 1.807) is 0 Å². The highest BCUT2D eigenvalue weighted by Crippen LogP contribution is 2.18. The number of carbonyl (C=O) groups is 3. The third kappa shape index (κ3) is 6.95. The molecule has 0 unspecified atom stereocenters. The van der Waals surface area contributed by atoms with Gasteiger partial charge in [0, 0.05) is 12.5 Å². The summed E-state index contributed by atoms with van der Waals surface area (Å²) in [5, 5.41) is 0. The van der Waals surface area contributed by atoms with Gasteiger partial charge in [-0.05, 0) is 37.0 Å². The molecule has 0 aromatic heterocycles. The van der Waals surface area contributed by atoms with Crippen LogP contribution in [0.25, 0.3) is 0 Å². The average Bonchev–Trinajstić information content (AvgIpc) is 2.51. The van der Waals surface area contributed by atoms with Crippen LogP contribution < -0.4 is 0 Å². The monoisotopic (exact) mass is 352 g/mol. The summed E-state index contributed by atoms with van der Waals surface area (Å²) in [6.07, 6.45) is 2.65. The largest absolute Gasteiger partial charge is 0.457 e. The molecule has 0 aliphatic rings. The van der Waals surface area contributed by atoms with Crippen LogP contribution in [0, 0.1) is 17.6 Å². The van der Waals surface area contributed by atoms with Crippen LogP contribution in [-0.4, -0.2) is 24.1 Å². The van der Waals surface area contributed by atoms with E-state index in [1.165, 1.54) is 0 Å². The summed E-state index contributed by atoms with van der Waals surface area (Å²) in [6.45, 7) is 4.69. The minimum atomic E-state index is -0.991. The molecular weight excluding hydrogens is 330 g/mol. The molecule has 0 amide bonds. The number of ether oxygens (including phenoxy) is 1. The fourth-order valence-corrected chi connectivity index (χ4v) is 2.22. The number of esters is 1. The van der Waals surface area contributed by atoms with Crippen LogP contribution in [0.3, 0.4) is 0 Å². The zero-order chi connectivity index (χ0) is 19.0. The molecule has 0 spiro atoms. The van der Waals surface area contributed by atoms with Crippen LogP contribution in [0.5, 0.6) is 0 Å². The summed E-state index contributed by atoms with van der Waals surface area (Å²) in [5.74, 6) is -3.67. The Morgan fingerprint density at radius 1 is 1.16 bits per heavy atom. The minimum Gasteiger partial charge on any atom is -0.457 e. The smallest absolute Gasteiger partial charge is 0.303 e. The van der Waals surface area contributed by atoms with Crippen molar-refractivity contribution in [3.8, 4) is 0 Å². The molecule has 0 bridgehead atoms. The topological polar surface area (TPSA) is 60.4 Å². The highest BCUT2D eigenvalue weighted by molar-refractivity contribution is 6.10. The van der Waals surface area contributed by atoms with Gasteiger partial charge in [0.25, 0.3) is 0 Å². The number of allylic oxidation sites excluding steroid dienone is 1. The average molecular weight is 352 g/mol. The van der Waals surface area contributed by atoms with Gasteiger partial charge in [0.05, 0.1) is 5.56 Å². The molecule has 0 saturated heterocycles. The third-order valence-corrected chi connectivity index (χ3v) is 3.51. The molecule has 1 aromatic rings. The number of carbonyl (C=O) groups excluding carboxylic acids is 3. The van der Waals surface area contributed by atoms with Gasteiger partial charge >= 0.3 is 5.97 Å². The number of ketones is 2. The first kappa shape index (κ1) is 20.7. The second kappa shape index (κ2) is 9.81. The summed E-state index contributed by atoms with van der Waals surface area (Å²) in [5.41, 5.74) is -0.612. The van der Waals surface area contributed by atoms with Crippen LogP contribution >= 0.6 is 0 Å². The molecule has 0 heterocycles. The van der Waals surface area contributed by atoms with Gasteiger partial charge in [0.1, 0.15) is 11.6 Å². The second-order valence-electron chi connectivity index (χ2n) is 6.12. The lowest BCUT2D eigenvalue weighted by Crippen LogP contribution is -2.16. The molecule has 0 radical (unpaired) electrons. The summed E-state index contributed by atoms with van der Waals surface area (Å²) in [4.78, 5) is 35.2. The molecular formula is C19H22F2O4. The Labute approximate surface area is 145 Å². The van der Waals surface area contributed by atoms with Crippen LogP contribution in [-0.2, 0) is 14.3 Å². The first-order chi connectivity index (χ1) is 11.7. The molecule has 1 aromatic carbocycles. The van der Waals surface area contributed by atoms with Crippen molar-refractivity contribution in [2.45, 2.75) is 40.0 Å². The summed E-state index contributed by atoms with van der Waals surface area (Å²) >= 11 is 0. The van der Waals surface area contributed by atoms with Gasteiger partial charge in [-0.3, -0.25) is 14.4 Å². The van der Waals surface area contributed by atoms with Crippen LogP contribution in [0.1, 0.15) is 50.4 Å². The van der Waals surface area contributed by atoms with E-state index in [0.29, 0.717) is 12.3 Å². The molecule has 0 aliphatic carbocycles.